The molecule has 53 heavy (non-hydrogen) atoms. The number of aromatic nitrogens is 3. The van der Waals surface area contributed by atoms with Gasteiger partial charge >= 0.3 is 0 Å². The van der Waals surface area contributed by atoms with Crippen LogP contribution < -0.4 is 4.74 Å². The Labute approximate surface area is 305 Å². The Morgan fingerprint density at radius 3 is 0.962 bits per heavy atom. The fourth-order valence-electron chi connectivity index (χ4n) is 8.54. The molecule has 0 amide bonds. The number of hydrogen-bond donors (Lipinski definition) is 0. The summed E-state index contributed by atoms with van der Waals surface area (Å²) in [6.45, 7) is 0. The second kappa shape index (κ2) is 11.5. The van der Waals surface area contributed by atoms with Gasteiger partial charge in [0.15, 0.2) is 0 Å². The van der Waals surface area contributed by atoms with Crippen molar-refractivity contribution in [3.8, 4) is 33.9 Å². The molecule has 0 saturated carbocycles. The predicted molar refractivity (Wildman–Crippen MR) is 221 cm³/mol. The average Bonchev–Trinajstić information content (AvgIpc) is 3.86. The van der Waals surface area contributed by atoms with E-state index in [2.05, 4.69) is 184 Å². The van der Waals surface area contributed by atoms with Crippen LogP contribution in [0.5, 0.6) is 5.75 Å². The third kappa shape index (κ3) is 4.42. The normalized spacial score (nSPS) is 11.9. The summed E-state index contributed by atoms with van der Waals surface area (Å²) in [5.41, 5.74) is 13.0. The molecule has 0 fully saturated rings. The number of para-hydroxylation sites is 4. The van der Waals surface area contributed by atoms with Crippen LogP contribution >= 0.6 is 0 Å². The SMILES string of the molecule is COc1ccc(-n2c3ccccc3c3cc(-c4ccc5c(c4)c4ccccc4n5-c4ccc(-n5c6ccccc6c6ccccc65)cc4)ccc32)cc1. The van der Waals surface area contributed by atoms with Crippen molar-refractivity contribution in [2.45, 2.75) is 0 Å². The van der Waals surface area contributed by atoms with Crippen LogP contribution in [0.4, 0.5) is 0 Å². The topological polar surface area (TPSA) is 24.0 Å². The molecular weight excluding hydrogens is 647 g/mol. The highest BCUT2D eigenvalue weighted by Gasteiger charge is 2.17. The number of nitrogens with zero attached hydrogens (tertiary/aromatic N) is 3. The summed E-state index contributed by atoms with van der Waals surface area (Å²) in [6.07, 6.45) is 0. The predicted octanol–water partition coefficient (Wildman–Crippen LogP) is 12.7. The fourth-order valence-corrected chi connectivity index (χ4v) is 8.54. The molecule has 8 aromatic carbocycles. The maximum absolute atomic E-state index is 5.44. The van der Waals surface area contributed by atoms with Gasteiger partial charge in [-0.2, -0.15) is 0 Å². The molecule has 0 spiro atoms. The van der Waals surface area contributed by atoms with Crippen molar-refractivity contribution in [2.75, 3.05) is 7.11 Å². The Morgan fingerprint density at radius 2 is 0.604 bits per heavy atom. The summed E-state index contributed by atoms with van der Waals surface area (Å²) in [7, 11) is 1.71. The number of methoxy groups -OCH3 is 1. The monoisotopic (exact) mass is 679 g/mol. The van der Waals surface area contributed by atoms with E-state index < -0.39 is 0 Å². The Kier molecular flexibility index (Phi) is 6.43. The lowest BCUT2D eigenvalue weighted by molar-refractivity contribution is 0.415. The van der Waals surface area contributed by atoms with Crippen molar-refractivity contribution in [3.05, 3.63) is 182 Å². The molecule has 0 saturated heterocycles. The van der Waals surface area contributed by atoms with Crippen LogP contribution in [-0.2, 0) is 0 Å². The lowest BCUT2D eigenvalue weighted by atomic mass is 10.0. The van der Waals surface area contributed by atoms with E-state index in [1.165, 1.54) is 76.5 Å². The van der Waals surface area contributed by atoms with Gasteiger partial charge in [-0.1, -0.05) is 84.9 Å². The zero-order chi connectivity index (χ0) is 35.0. The quantitative estimate of drug-likeness (QED) is 0.178. The summed E-state index contributed by atoms with van der Waals surface area (Å²) in [4.78, 5) is 0. The Balaban J connectivity index is 1.04. The lowest BCUT2D eigenvalue weighted by Gasteiger charge is -2.12. The molecule has 0 N–H and O–H groups in total. The largest absolute Gasteiger partial charge is 0.497 e. The second-order valence-corrected chi connectivity index (χ2v) is 13.8. The van der Waals surface area contributed by atoms with E-state index in [-0.39, 0.29) is 0 Å². The van der Waals surface area contributed by atoms with Gasteiger partial charge < -0.3 is 18.4 Å². The van der Waals surface area contributed by atoms with Crippen LogP contribution in [0.1, 0.15) is 0 Å². The van der Waals surface area contributed by atoms with Gasteiger partial charge in [0, 0.05) is 49.4 Å². The van der Waals surface area contributed by atoms with E-state index in [0.717, 1.165) is 22.8 Å². The summed E-state index contributed by atoms with van der Waals surface area (Å²) in [5, 5.41) is 7.50. The third-order valence-corrected chi connectivity index (χ3v) is 11.0. The van der Waals surface area contributed by atoms with Crippen molar-refractivity contribution in [2.24, 2.45) is 0 Å². The molecule has 4 heteroatoms. The molecule has 0 aliphatic heterocycles. The van der Waals surface area contributed by atoms with E-state index in [4.69, 9.17) is 4.74 Å². The third-order valence-electron chi connectivity index (χ3n) is 11.0. The molecule has 3 heterocycles. The first-order chi connectivity index (χ1) is 26.2. The van der Waals surface area contributed by atoms with Gasteiger partial charge in [-0.3, -0.25) is 0 Å². The van der Waals surface area contributed by atoms with Crippen molar-refractivity contribution in [1.29, 1.82) is 0 Å². The van der Waals surface area contributed by atoms with Crippen LogP contribution in [0.2, 0.25) is 0 Å². The lowest BCUT2D eigenvalue weighted by Crippen LogP contribution is -1.97. The second-order valence-electron chi connectivity index (χ2n) is 13.8. The minimum Gasteiger partial charge on any atom is -0.497 e. The summed E-state index contributed by atoms with van der Waals surface area (Å²) in [5.74, 6) is 0.852. The maximum Gasteiger partial charge on any atom is 0.119 e. The molecule has 0 aliphatic carbocycles. The smallest absolute Gasteiger partial charge is 0.119 e. The van der Waals surface area contributed by atoms with Gasteiger partial charge in [-0.25, -0.2) is 0 Å². The highest BCUT2D eigenvalue weighted by molar-refractivity contribution is 6.13. The number of rotatable bonds is 5. The van der Waals surface area contributed by atoms with E-state index in [1.807, 2.05) is 12.1 Å². The molecule has 0 atom stereocenters. The van der Waals surface area contributed by atoms with Crippen molar-refractivity contribution < 1.29 is 4.74 Å². The van der Waals surface area contributed by atoms with Crippen LogP contribution in [0, 0.1) is 0 Å². The standard InChI is InChI=1S/C49H33N3O/c1-53-37-26-24-36(25-27-37)52-47-17-9-5-13-41(47)43-31-33(19-29-49(43)52)32-18-28-48-42(30-32)40-12-4-8-16-46(40)51(48)35-22-20-34(21-23-35)50-44-14-6-2-10-38(44)39-11-3-7-15-45(39)50/h2-31H,1H3. The minimum atomic E-state index is 0.852. The molecule has 0 aliphatic rings. The molecule has 11 aromatic rings. The van der Waals surface area contributed by atoms with E-state index in [0.29, 0.717) is 0 Å². The first-order valence-electron chi connectivity index (χ1n) is 18.1. The van der Waals surface area contributed by atoms with Crippen LogP contribution in [-0.4, -0.2) is 20.8 Å². The number of hydrogen-bond acceptors (Lipinski definition) is 1. The number of fused-ring (bicyclic) bond motifs is 9. The van der Waals surface area contributed by atoms with Gasteiger partial charge in [-0.05, 0) is 108 Å². The number of benzene rings is 8. The van der Waals surface area contributed by atoms with E-state index in [9.17, 15) is 0 Å². The first kappa shape index (κ1) is 29.7. The molecule has 0 radical (unpaired) electrons. The molecule has 3 aromatic heterocycles. The maximum atomic E-state index is 5.44. The molecular formula is C49H33N3O. The van der Waals surface area contributed by atoms with Gasteiger partial charge in [0.2, 0.25) is 0 Å². The first-order valence-corrected chi connectivity index (χ1v) is 18.1. The summed E-state index contributed by atoms with van der Waals surface area (Å²) >= 11 is 0. The summed E-state index contributed by atoms with van der Waals surface area (Å²) in [6, 6.07) is 65.9. The van der Waals surface area contributed by atoms with E-state index >= 15 is 0 Å². The van der Waals surface area contributed by atoms with Crippen LogP contribution in [0.15, 0.2) is 182 Å². The van der Waals surface area contributed by atoms with Crippen molar-refractivity contribution >= 4 is 65.4 Å². The highest BCUT2D eigenvalue weighted by Crippen LogP contribution is 2.39. The van der Waals surface area contributed by atoms with E-state index in [1.54, 1.807) is 7.11 Å². The van der Waals surface area contributed by atoms with Gasteiger partial charge in [0.25, 0.3) is 0 Å². The molecule has 11 rings (SSSR count). The zero-order valence-corrected chi connectivity index (χ0v) is 29.1. The van der Waals surface area contributed by atoms with Gasteiger partial charge in [0.1, 0.15) is 5.75 Å². The van der Waals surface area contributed by atoms with Crippen LogP contribution in [0.25, 0.3) is 93.6 Å². The molecule has 250 valence electrons. The Hall–Kier alpha value is -7.04. The summed E-state index contributed by atoms with van der Waals surface area (Å²) < 4.78 is 12.6. The fraction of sp³-hybridized carbons (Fsp3) is 0.0204. The van der Waals surface area contributed by atoms with Gasteiger partial charge in [-0.15, -0.1) is 0 Å². The van der Waals surface area contributed by atoms with Gasteiger partial charge in [0.05, 0.1) is 40.2 Å². The Bertz CT molecular complexity index is 3140. The number of ether oxygens (including phenoxy) is 1. The molecule has 4 nitrogen and oxygen atoms in total. The van der Waals surface area contributed by atoms with Crippen molar-refractivity contribution in [3.63, 3.8) is 0 Å². The van der Waals surface area contributed by atoms with Crippen molar-refractivity contribution in [1.82, 2.24) is 13.7 Å². The highest BCUT2D eigenvalue weighted by atomic mass is 16.5. The van der Waals surface area contributed by atoms with Crippen LogP contribution in [0.3, 0.4) is 0 Å². The average molecular weight is 680 g/mol. The zero-order valence-electron chi connectivity index (χ0n) is 29.1. The molecule has 0 unspecified atom stereocenters. The minimum absolute atomic E-state index is 0.852. The molecule has 0 bridgehead atoms. The Morgan fingerprint density at radius 1 is 0.302 bits per heavy atom.